The zero-order valence-corrected chi connectivity index (χ0v) is 22.4. The molecular weight excluding hydrogens is 490 g/mol. The monoisotopic (exact) mass is 521 g/mol. The third-order valence-electron chi connectivity index (χ3n) is 6.40. The molecule has 0 unspecified atom stereocenters. The zero-order chi connectivity index (χ0) is 25.8. The molecule has 0 amide bonds. The third kappa shape index (κ3) is 5.70. The molecule has 0 atom stereocenters. The van der Waals surface area contributed by atoms with Crippen molar-refractivity contribution in [2.75, 3.05) is 57.3 Å². The Balaban J connectivity index is 1.36. The Bertz CT molecular complexity index is 1390. The Morgan fingerprint density at radius 2 is 1.78 bits per heavy atom. The van der Waals surface area contributed by atoms with Crippen molar-refractivity contribution in [3.63, 3.8) is 0 Å². The summed E-state index contributed by atoms with van der Waals surface area (Å²) in [4.78, 5) is 17.3. The lowest BCUT2D eigenvalue weighted by molar-refractivity contribution is 0.122. The fourth-order valence-corrected chi connectivity index (χ4v) is 5.27. The first-order valence-corrected chi connectivity index (χ1v) is 13.0. The molecule has 2 aromatic heterocycles. The van der Waals surface area contributed by atoms with Crippen molar-refractivity contribution in [1.82, 2.24) is 15.0 Å². The molecular formula is C27H31N5O4S. The van der Waals surface area contributed by atoms with E-state index in [-0.39, 0.29) is 6.01 Å². The quantitative estimate of drug-likeness (QED) is 0.329. The van der Waals surface area contributed by atoms with Gasteiger partial charge in [0.25, 0.3) is 0 Å². The van der Waals surface area contributed by atoms with Gasteiger partial charge in [-0.25, -0.2) is 0 Å². The van der Waals surface area contributed by atoms with Gasteiger partial charge in [0.2, 0.25) is 11.9 Å². The number of fused-ring (bicyclic) bond motifs is 1. The number of aromatic nitrogens is 3. The number of nitrogens with zero attached hydrogens (tertiary/aromatic N) is 4. The molecule has 1 saturated heterocycles. The second-order valence-electron chi connectivity index (χ2n) is 8.75. The van der Waals surface area contributed by atoms with Crippen molar-refractivity contribution in [3.8, 4) is 17.5 Å². The average molecular weight is 522 g/mol. The van der Waals surface area contributed by atoms with Crippen molar-refractivity contribution in [1.29, 1.82) is 0 Å². The number of rotatable bonds is 9. The van der Waals surface area contributed by atoms with E-state index in [1.165, 1.54) is 20.5 Å². The van der Waals surface area contributed by atoms with Gasteiger partial charge in [-0.2, -0.15) is 15.0 Å². The van der Waals surface area contributed by atoms with Gasteiger partial charge in [-0.15, -0.1) is 11.3 Å². The van der Waals surface area contributed by atoms with E-state index in [1.807, 2.05) is 24.3 Å². The highest BCUT2D eigenvalue weighted by atomic mass is 32.1. The first kappa shape index (κ1) is 25.0. The summed E-state index contributed by atoms with van der Waals surface area (Å²) in [5, 5.41) is 4.60. The van der Waals surface area contributed by atoms with Crippen molar-refractivity contribution in [2.45, 2.75) is 20.3 Å². The molecule has 5 rings (SSSR count). The molecule has 10 heteroatoms. The minimum atomic E-state index is 0.281. The van der Waals surface area contributed by atoms with Crippen LogP contribution in [0.3, 0.4) is 0 Å². The van der Waals surface area contributed by atoms with E-state index >= 15 is 0 Å². The Kier molecular flexibility index (Phi) is 7.57. The van der Waals surface area contributed by atoms with Gasteiger partial charge in [0.15, 0.2) is 11.5 Å². The molecule has 0 aliphatic carbocycles. The van der Waals surface area contributed by atoms with Crippen molar-refractivity contribution in [2.24, 2.45) is 0 Å². The maximum Gasteiger partial charge on any atom is 0.323 e. The fourth-order valence-electron chi connectivity index (χ4n) is 4.22. The van der Waals surface area contributed by atoms with Gasteiger partial charge in [-0.3, -0.25) is 0 Å². The van der Waals surface area contributed by atoms with Crippen LogP contribution in [0.25, 0.3) is 10.1 Å². The van der Waals surface area contributed by atoms with Crippen LogP contribution >= 0.6 is 11.3 Å². The minimum Gasteiger partial charge on any atom is -0.493 e. The molecule has 3 heterocycles. The third-order valence-corrected chi connectivity index (χ3v) is 7.59. The molecule has 37 heavy (non-hydrogen) atoms. The highest BCUT2D eigenvalue weighted by molar-refractivity contribution is 7.19. The molecule has 1 aliphatic rings. The molecule has 194 valence electrons. The zero-order valence-electron chi connectivity index (χ0n) is 21.5. The largest absolute Gasteiger partial charge is 0.493 e. The van der Waals surface area contributed by atoms with Crippen LogP contribution < -0.4 is 24.4 Å². The lowest BCUT2D eigenvalue weighted by atomic mass is 10.1. The number of aryl methyl sites for hydroxylation is 2. The number of nitrogens with one attached hydrogen (secondary N) is 1. The maximum absolute atomic E-state index is 6.01. The van der Waals surface area contributed by atoms with Crippen LogP contribution in [0.2, 0.25) is 0 Å². The van der Waals surface area contributed by atoms with Crippen LogP contribution in [0, 0.1) is 13.8 Å². The van der Waals surface area contributed by atoms with E-state index in [2.05, 4.69) is 46.2 Å². The lowest BCUT2D eigenvalue weighted by Gasteiger charge is -2.27. The topological polar surface area (TPSA) is 90.9 Å². The standard InChI is InChI=1S/C27H31N5O4S/c1-17-18(2)37-24-8-6-20(16-21(17)24)28-25-29-26(32-10-13-35-14-11-32)31-27(30-25)36-12-9-19-5-7-22(33-3)23(15-19)34-4/h5-8,15-16H,9-14H2,1-4H3,(H,28,29,30,31). The van der Waals surface area contributed by atoms with Gasteiger partial charge in [0, 0.05) is 34.8 Å². The maximum atomic E-state index is 6.01. The molecule has 1 N–H and O–H groups in total. The summed E-state index contributed by atoms with van der Waals surface area (Å²) in [6, 6.07) is 12.4. The summed E-state index contributed by atoms with van der Waals surface area (Å²) in [5.74, 6) is 2.41. The number of morpholine rings is 1. The van der Waals surface area contributed by atoms with Gasteiger partial charge in [-0.05, 0) is 60.7 Å². The van der Waals surface area contributed by atoms with Crippen LogP contribution in [0.4, 0.5) is 17.6 Å². The predicted octanol–water partition coefficient (Wildman–Crippen LogP) is 4.92. The smallest absolute Gasteiger partial charge is 0.323 e. The first-order valence-electron chi connectivity index (χ1n) is 12.2. The second kappa shape index (κ2) is 11.2. The number of benzene rings is 2. The number of anilines is 3. The molecule has 0 saturated carbocycles. The van der Waals surface area contributed by atoms with Crippen molar-refractivity contribution in [3.05, 3.63) is 52.4 Å². The summed E-state index contributed by atoms with van der Waals surface area (Å²) < 4.78 is 23.5. The summed E-state index contributed by atoms with van der Waals surface area (Å²) in [6.45, 7) is 7.42. The van der Waals surface area contributed by atoms with E-state index in [1.54, 1.807) is 25.6 Å². The Labute approximate surface area is 220 Å². The molecule has 2 aromatic carbocycles. The van der Waals surface area contributed by atoms with Crippen LogP contribution in [0.15, 0.2) is 36.4 Å². The van der Waals surface area contributed by atoms with Crippen LogP contribution in [-0.2, 0) is 11.2 Å². The number of methoxy groups -OCH3 is 2. The van der Waals surface area contributed by atoms with E-state index in [9.17, 15) is 0 Å². The number of ether oxygens (including phenoxy) is 4. The summed E-state index contributed by atoms with van der Waals surface area (Å²) in [7, 11) is 3.25. The lowest BCUT2D eigenvalue weighted by Crippen LogP contribution is -2.37. The van der Waals surface area contributed by atoms with Crippen LogP contribution in [0.1, 0.15) is 16.0 Å². The van der Waals surface area contributed by atoms with E-state index in [0.29, 0.717) is 62.7 Å². The molecule has 0 bridgehead atoms. The van der Waals surface area contributed by atoms with E-state index in [0.717, 1.165) is 11.3 Å². The molecule has 1 aliphatic heterocycles. The Morgan fingerprint density at radius 1 is 0.973 bits per heavy atom. The van der Waals surface area contributed by atoms with Crippen LogP contribution in [0.5, 0.6) is 17.5 Å². The van der Waals surface area contributed by atoms with E-state index in [4.69, 9.17) is 23.9 Å². The fraction of sp³-hybridized carbons (Fsp3) is 0.370. The van der Waals surface area contributed by atoms with E-state index < -0.39 is 0 Å². The molecule has 4 aromatic rings. The van der Waals surface area contributed by atoms with Gasteiger partial charge < -0.3 is 29.2 Å². The second-order valence-corrected chi connectivity index (χ2v) is 10.0. The van der Waals surface area contributed by atoms with Gasteiger partial charge in [0.05, 0.1) is 34.0 Å². The summed E-state index contributed by atoms with van der Waals surface area (Å²) >= 11 is 1.81. The summed E-state index contributed by atoms with van der Waals surface area (Å²) in [5.41, 5.74) is 3.28. The first-order chi connectivity index (χ1) is 18.0. The van der Waals surface area contributed by atoms with Crippen molar-refractivity contribution < 1.29 is 18.9 Å². The SMILES string of the molecule is COc1ccc(CCOc2nc(Nc3ccc4sc(C)c(C)c4c3)nc(N3CCOCC3)n2)cc1OC. The molecule has 0 radical (unpaired) electrons. The van der Waals surface area contributed by atoms with Gasteiger partial charge in [0.1, 0.15) is 0 Å². The number of hydrogen-bond donors (Lipinski definition) is 1. The minimum absolute atomic E-state index is 0.281. The molecule has 1 fully saturated rings. The molecule has 9 nitrogen and oxygen atoms in total. The van der Waals surface area contributed by atoms with Crippen LogP contribution in [-0.4, -0.2) is 62.1 Å². The van der Waals surface area contributed by atoms with Crippen molar-refractivity contribution >= 4 is 39.0 Å². The summed E-state index contributed by atoms with van der Waals surface area (Å²) in [6.07, 6.45) is 0.662. The molecule has 0 spiro atoms. The normalized spacial score (nSPS) is 13.6. The Morgan fingerprint density at radius 3 is 2.57 bits per heavy atom. The van der Waals surface area contributed by atoms with Gasteiger partial charge in [-0.1, -0.05) is 6.07 Å². The average Bonchev–Trinajstić information content (AvgIpc) is 3.21. The number of thiophene rings is 1. The Hall–Kier alpha value is -3.63. The highest BCUT2D eigenvalue weighted by Crippen LogP contribution is 2.33. The predicted molar refractivity (Wildman–Crippen MR) is 146 cm³/mol. The van der Waals surface area contributed by atoms with Gasteiger partial charge >= 0.3 is 6.01 Å². The number of hydrogen-bond acceptors (Lipinski definition) is 10. The highest BCUT2D eigenvalue weighted by Gasteiger charge is 2.18.